The van der Waals surface area contributed by atoms with E-state index in [4.69, 9.17) is 0 Å². The highest BCUT2D eigenvalue weighted by Gasteiger charge is 2.15. The number of carboxylic acid groups (broad SMARTS) is 1. The lowest BCUT2D eigenvalue weighted by molar-refractivity contribution is 0.0698. The first-order valence-electron chi connectivity index (χ1n) is 6.44. The molecule has 0 saturated carbocycles. The minimum Gasteiger partial charge on any atom is -0.478 e. The third-order valence-electron chi connectivity index (χ3n) is 3.33. The average molecular weight is 245 g/mol. The van der Waals surface area contributed by atoms with Crippen LogP contribution in [-0.2, 0) is 13.0 Å². The van der Waals surface area contributed by atoms with Crippen LogP contribution in [0.15, 0.2) is 18.3 Å². The Hall–Kier alpha value is -1.77. The molecule has 0 radical (unpaired) electrons. The van der Waals surface area contributed by atoms with E-state index in [0.29, 0.717) is 5.56 Å². The van der Waals surface area contributed by atoms with E-state index in [9.17, 15) is 9.90 Å². The smallest absolute Gasteiger partial charge is 0.337 e. The Labute approximate surface area is 107 Å². The maximum atomic E-state index is 11.4. The van der Waals surface area contributed by atoms with Crippen LogP contribution in [0.3, 0.4) is 0 Å². The van der Waals surface area contributed by atoms with Crippen molar-refractivity contribution < 1.29 is 9.90 Å². The van der Waals surface area contributed by atoms with E-state index in [1.54, 1.807) is 6.07 Å². The van der Waals surface area contributed by atoms with Crippen molar-refractivity contribution in [2.24, 2.45) is 0 Å². The van der Waals surface area contributed by atoms with Crippen LogP contribution in [0.1, 0.15) is 41.8 Å². The third kappa shape index (κ3) is 2.01. The highest BCUT2D eigenvalue weighted by molar-refractivity contribution is 6.03. The van der Waals surface area contributed by atoms with E-state index in [0.717, 1.165) is 41.4 Å². The quantitative estimate of drug-likeness (QED) is 0.893. The highest BCUT2D eigenvalue weighted by Crippen LogP contribution is 2.27. The molecule has 1 aromatic heterocycles. The molecule has 0 atom stereocenters. The van der Waals surface area contributed by atoms with E-state index >= 15 is 0 Å². The van der Waals surface area contributed by atoms with Crippen molar-refractivity contribution >= 4 is 16.9 Å². The van der Waals surface area contributed by atoms with Gasteiger partial charge in [-0.05, 0) is 43.0 Å². The Morgan fingerprint density at radius 3 is 2.61 bits per heavy atom. The topological polar surface area (TPSA) is 42.2 Å². The van der Waals surface area contributed by atoms with Gasteiger partial charge in [-0.1, -0.05) is 13.8 Å². The number of nitrogens with zero attached hydrogens (tertiary/aromatic N) is 1. The molecule has 0 spiro atoms. The monoisotopic (exact) mass is 245 g/mol. The summed E-state index contributed by atoms with van der Waals surface area (Å²) in [5.74, 6) is -0.842. The van der Waals surface area contributed by atoms with Crippen LogP contribution in [0.4, 0.5) is 0 Å². The molecular formula is C15H19NO2. The van der Waals surface area contributed by atoms with E-state index < -0.39 is 5.97 Å². The molecule has 0 fully saturated rings. The van der Waals surface area contributed by atoms with Gasteiger partial charge in [-0.25, -0.2) is 4.79 Å². The first kappa shape index (κ1) is 12.7. The molecule has 0 bridgehead atoms. The molecule has 2 aromatic rings. The summed E-state index contributed by atoms with van der Waals surface area (Å²) in [6.45, 7) is 7.04. The largest absolute Gasteiger partial charge is 0.478 e. The van der Waals surface area contributed by atoms with Gasteiger partial charge in [-0.3, -0.25) is 0 Å². The first-order valence-corrected chi connectivity index (χ1v) is 6.44. The van der Waals surface area contributed by atoms with Crippen molar-refractivity contribution in [1.29, 1.82) is 0 Å². The van der Waals surface area contributed by atoms with Gasteiger partial charge < -0.3 is 9.67 Å². The van der Waals surface area contributed by atoms with Gasteiger partial charge in [0.05, 0.1) is 11.1 Å². The molecule has 1 aromatic carbocycles. The van der Waals surface area contributed by atoms with Crippen molar-refractivity contribution in [3.63, 3.8) is 0 Å². The number of aromatic carboxylic acids is 1. The number of carbonyl (C=O) groups is 1. The molecule has 3 nitrogen and oxygen atoms in total. The Morgan fingerprint density at radius 1 is 1.33 bits per heavy atom. The van der Waals surface area contributed by atoms with Gasteiger partial charge in [0.2, 0.25) is 0 Å². The summed E-state index contributed by atoms with van der Waals surface area (Å²) in [4.78, 5) is 11.4. The maximum Gasteiger partial charge on any atom is 0.337 e. The Balaban J connectivity index is 2.80. The fourth-order valence-electron chi connectivity index (χ4n) is 2.46. The van der Waals surface area contributed by atoms with Crippen LogP contribution in [0, 0.1) is 6.92 Å². The molecule has 1 N–H and O–H groups in total. The third-order valence-corrected chi connectivity index (χ3v) is 3.33. The van der Waals surface area contributed by atoms with Gasteiger partial charge in [0.15, 0.2) is 0 Å². The van der Waals surface area contributed by atoms with Crippen LogP contribution in [-0.4, -0.2) is 15.6 Å². The fourth-order valence-corrected chi connectivity index (χ4v) is 2.46. The maximum absolute atomic E-state index is 11.4. The van der Waals surface area contributed by atoms with Crippen LogP contribution < -0.4 is 0 Å². The van der Waals surface area contributed by atoms with Crippen molar-refractivity contribution in [1.82, 2.24) is 4.57 Å². The lowest BCUT2D eigenvalue weighted by atomic mass is 10.0. The van der Waals surface area contributed by atoms with Crippen LogP contribution in [0.2, 0.25) is 0 Å². The summed E-state index contributed by atoms with van der Waals surface area (Å²) in [5, 5.41) is 10.5. The summed E-state index contributed by atoms with van der Waals surface area (Å²) < 4.78 is 2.06. The number of aromatic nitrogens is 1. The zero-order valence-corrected chi connectivity index (χ0v) is 11.2. The molecule has 2 rings (SSSR count). The van der Waals surface area contributed by atoms with Gasteiger partial charge in [0.25, 0.3) is 0 Å². The van der Waals surface area contributed by atoms with Crippen LogP contribution in [0.5, 0.6) is 0 Å². The molecule has 3 heteroatoms. The molecule has 0 aliphatic heterocycles. The molecule has 0 aliphatic rings. The number of carboxylic acids is 1. The summed E-state index contributed by atoms with van der Waals surface area (Å²) in [6.07, 6.45) is 3.91. The predicted octanol–water partition coefficient (Wildman–Crippen LogP) is 3.62. The zero-order chi connectivity index (χ0) is 13.3. The lowest BCUT2D eigenvalue weighted by Gasteiger charge is -2.08. The molecule has 0 aliphatic carbocycles. The van der Waals surface area contributed by atoms with Crippen LogP contribution >= 0.6 is 0 Å². The molecule has 18 heavy (non-hydrogen) atoms. The summed E-state index contributed by atoms with van der Waals surface area (Å²) >= 11 is 0. The second-order valence-electron chi connectivity index (χ2n) is 4.70. The Bertz CT molecular complexity index is 596. The van der Waals surface area contributed by atoms with Crippen molar-refractivity contribution in [3.8, 4) is 0 Å². The van der Waals surface area contributed by atoms with E-state index in [-0.39, 0.29) is 0 Å². The van der Waals surface area contributed by atoms with Crippen LogP contribution in [0.25, 0.3) is 10.9 Å². The van der Waals surface area contributed by atoms with E-state index in [1.807, 2.05) is 13.8 Å². The van der Waals surface area contributed by atoms with Gasteiger partial charge in [-0.15, -0.1) is 0 Å². The number of fused-ring (bicyclic) bond motifs is 1. The molecular weight excluding hydrogens is 226 g/mol. The minimum absolute atomic E-state index is 0.422. The number of rotatable bonds is 4. The Morgan fingerprint density at radius 2 is 2.06 bits per heavy atom. The molecule has 96 valence electrons. The predicted molar refractivity (Wildman–Crippen MR) is 73.3 cm³/mol. The normalized spacial score (nSPS) is 11.1. The number of aryl methyl sites for hydroxylation is 3. The summed E-state index contributed by atoms with van der Waals surface area (Å²) in [6, 6.07) is 3.92. The molecule has 0 unspecified atom stereocenters. The highest BCUT2D eigenvalue weighted by atomic mass is 16.4. The molecule has 1 heterocycles. The van der Waals surface area contributed by atoms with Crippen molar-refractivity contribution in [3.05, 3.63) is 35.0 Å². The first-order chi connectivity index (χ1) is 8.58. The standard InChI is InChI=1S/C15H19NO2/c1-4-6-16-9-10(3)12-7-11(5-2)8-13(14(12)16)15(17)18/h7-9H,4-6H2,1-3H3,(H,17,18). The van der Waals surface area contributed by atoms with Crippen molar-refractivity contribution in [2.75, 3.05) is 0 Å². The van der Waals surface area contributed by atoms with E-state index in [1.165, 1.54) is 0 Å². The van der Waals surface area contributed by atoms with Gasteiger partial charge in [0.1, 0.15) is 0 Å². The minimum atomic E-state index is -0.842. The number of hydrogen-bond acceptors (Lipinski definition) is 1. The molecule has 0 saturated heterocycles. The SMILES string of the molecule is CCCn1cc(C)c2cc(CC)cc(C(=O)O)c21. The Kier molecular flexibility index (Phi) is 3.41. The lowest BCUT2D eigenvalue weighted by Crippen LogP contribution is -2.04. The van der Waals surface area contributed by atoms with E-state index in [2.05, 4.69) is 23.8 Å². The second-order valence-corrected chi connectivity index (χ2v) is 4.70. The van der Waals surface area contributed by atoms with Gasteiger partial charge in [-0.2, -0.15) is 0 Å². The number of hydrogen-bond donors (Lipinski definition) is 1. The van der Waals surface area contributed by atoms with Gasteiger partial charge >= 0.3 is 5.97 Å². The van der Waals surface area contributed by atoms with Gasteiger partial charge in [0, 0.05) is 18.1 Å². The number of benzene rings is 1. The summed E-state index contributed by atoms with van der Waals surface area (Å²) in [5.41, 5.74) is 3.51. The summed E-state index contributed by atoms with van der Waals surface area (Å²) in [7, 11) is 0. The molecule has 0 amide bonds. The van der Waals surface area contributed by atoms with Crippen molar-refractivity contribution in [2.45, 2.75) is 40.2 Å². The average Bonchev–Trinajstić information content (AvgIpc) is 2.66. The second kappa shape index (κ2) is 4.84. The zero-order valence-electron chi connectivity index (χ0n) is 11.2. The fraction of sp³-hybridized carbons (Fsp3) is 0.400.